The Kier molecular flexibility index (Phi) is 7.58. The molecule has 0 aromatic heterocycles. The molecule has 0 aliphatic carbocycles. The number of hydrogen-bond acceptors (Lipinski definition) is 3. The maximum atomic E-state index is 10.8. The van der Waals surface area contributed by atoms with Crippen molar-refractivity contribution in [2.75, 3.05) is 13.2 Å². The van der Waals surface area contributed by atoms with Crippen LogP contribution in [0, 0.1) is 12.3 Å². The van der Waals surface area contributed by atoms with Crippen molar-refractivity contribution in [3.63, 3.8) is 0 Å². The van der Waals surface area contributed by atoms with Crippen LogP contribution in [0.3, 0.4) is 0 Å². The van der Waals surface area contributed by atoms with Gasteiger partial charge in [-0.15, -0.1) is 12.3 Å². The SMILES string of the molecule is C#CCC(C)NC/C=C/C(=O)OCC. The van der Waals surface area contributed by atoms with E-state index in [4.69, 9.17) is 11.2 Å². The van der Waals surface area contributed by atoms with Gasteiger partial charge in [-0.05, 0) is 13.8 Å². The largest absolute Gasteiger partial charge is 0.463 e. The highest BCUT2D eigenvalue weighted by Gasteiger charge is 1.96. The Morgan fingerprint density at radius 1 is 1.71 bits per heavy atom. The molecule has 0 aromatic rings. The summed E-state index contributed by atoms with van der Waals surface area (Å²) in [7, 11) is 0. The molecule has 0 saturated carbocycles. The average Bonchev–Trinajstić information content (AvgIpc) is 2.13. The normalized spacial score (nSPS) is 12.4. The van der Waals surface area contributed by atoms with E-state index in [0.29, 0.717) is 19.6 Å². The van der Waals surface area contributed by atoms with Crippen LogP contribution in [0.4, 0.5) is 0 Å². The molecule has 14 heavy (non-hydrogen) atoms. The van der Waals surface area contributed by atoms with E-state index in [9.17, 15) is 4.79 Å². The van der Waals surface area contributed by atoms with Gasteiger partial charge in [-0.3, -0.25) is 0 Å². The van der Waals surface area contributed by atoms with Crippen molar-refractivity contribution in [3.05, 3.63) is 12.2 Å². The van der Waals surface area contributed by atoms with Crippen LogP contribution in [0.5, 0.6) is 0 Å². The van der Waals surface area contributed by atoms with E-state index in [0.717, 1.165) is 0 Å². The number of rotatable bonds is 6. The molecular weight excluding hydrogens is 178 g/mol. The molecule has 0 rings (SSSR count). The molecule has 0 aliphatic rings. The van der Waals surface area contributed by atoms with Crippen LogP contribution >= 0.6 is 0 Å². The van der Waals surface area contributed by atoms with Crippen LogP contribution in [0.15, 0.2) is 12.2 Å². The zero-order valence-electron chi connectivity index (χ0n) is 8.75. The van der Waals surface area contributed by atoms with Crippen molar-refractivity contribution in [2.24, 2.45) is 0 Å². The number of esters is 1. The van der Waals surface area contributed by atoms with Crippen molar-refractivity contribution >= 4 is 5.97 Å². The van der Waals surface area contributed by atoms with E-state index in [-0.39, 0.29) is 12.0 Å². The Labute approximate surface area is 85.5 Å². The summed E-state index contributed by atoms with van der Waals surface area (Å²) in [5.74, 6) is 2.25. The molecule has 0 spiro atoms. The molecule has 0 fully saturated rings. The van der Waals surface area contributed by atoms with Crippen LogP contribution < -0.4 is 5.32 Å². The third-order valence-corrected chi connectivity index (χ3v) is 1.55. The Bertz CT molecular complexity index is 228. The van der Waals surface area contributed by atoms with Gasteiger partial charge in [0.25, 0.3) is 0 Å². The van der Waals surface area contributed by atoms with Crippen LogP contribution in [-0.4, -0.2) is 25.2 Å². The average molecular weight is 195 g/mol. The van der Waals surface area contributed by atoms with Crippen molar-refractivity contribution in [2.45, 2.75) is 26.3 Å². The van der Waals surface area contributed by atoms with Gasteiger partial charge in [-0.1, -0.05) is 6.08 Å². The predicted molar refractivity (Wildman–Crippen MR) is 56.7 cm³/mol. The second kappa shape index (κ2) is 8.33. The quantitative estimate of drug-likeness (QED) is 0.392. The summed E-state index contributed by atoms with van der Waals surface area (Å²) in [5.41, 5.74) is 0. The number of carbonyl (C=O) groups excluding carboxylic acids is 1. The van der Waals surface area contributed by atoms with Crippen LogP contribution in [0.1, 0.15) is 20.3 Å². The Balaban J connectivity index is 3.53. The molecular formula is C11H17NO2. The number of carbonyl (C=O) groups is 1. The van der Waals surface area contributed by atoms with E-state index < -0.39 is 0 Å². The Hall–Kier alpha value is -1.27. The van der Waals surface area contributed by atoms with E-state index >= 15 is 0 Å². The number of hydrogen-bond donors (Lipinski definition) is 1. The van der Waals surface area contributed by atoms with Crippen LogP contribution in [0.2, 0.25) is 0 Å². The number of nitrogens with one attached hydrogen (secondary N) is 1. The molecule has 0 aliphatic heterocycles. The molecule has 0 bridgehead atoms. The van der Waals surface area contributed by atoms with Gasteiger partial charge < -0.3 is 10.1 Å². The maximum Gasteiger partial charge on any atom is 0.330 e. The molecule has 0 saturated heterocycles. The van der Waals surface area contributed by atoms with Gasteiger partial charge in [0.05, 0.1) is 6.61 Å². The maximum absolute atomic E-state index is 10.8. The third kappa shape index (κ3) is 7.38. The van der Waals surface area contributed by atoms with Crippen LogP contribution in [0.25, 0.3) is 0 Å². The smallest absolute Gasteiger partial charge is 0.330 e. The molecule has 1 atom stereocenters. The van der Waals surface area contributed by atoms with Crippen molar-refractivity contribution in [1.82, 2.24) is 5.32 Å². The van der Waals surface area contributed by atoms with Gasteiger partial charge in [-0.2, -0.15) is 0 Å². The lowest BCUT2D eigenvalue weighted by Gasteiger charge is -2.07. The fourth-order valence-corrected chi connectivity index (χ4v) is 0.864. The lowest BCUT2D eigenvalue weighted by molar-refractivity contribution is -0.137. The van der Waals surface area contributed by atoms with Gasteiger partial charge in [0.1, 0.15) is 0 Å². The highest BCUT2D eigenvalue weighted by molar-refractivity contribution is 5.81. The molecule has 0 heterocycles. The number of terminal acetylenes is 1. The summed E-state index contributed by atoms with van der Waals surface area (Å²) >= 11 is 0. The zero-order valence-corrected chi connectivity index (χ0v) is 8.75. The molecule has 0 radical (unpaired) electrons. The molecule has 78 valence electrons. The summed E-state index contributed by atoms with van der Waals surface area (Å²) in [5, 5.41) is 3.14. The van der Waals surface area contributed by atoms with Crippen molar-refractivity contribution in [1.29, 1.82) is 0 Å². The fourth-order valence-electron chi connectivity index (χ4n) is 0.864. The minimum Gasteiger partial charge on any atom is -0.463 e. The first-order chi connectivity index (χ1) is 6.70. The molecule has 3 nitrogen and oxygen atoms in total. The van der Waals surface area contributed by atoms with E-state index in [1.165, 1.54) is 6.08 Å². The molecule has 0 amide bonds. The van der Waals surface area contributed by atoms with Gasteiger partial charge in [0, 0.05) is 25.1 Å². The summed E-state index contributed by atoms with van der Waals surface area (Å²) < 4.78 is 4.71. The Morgan fingerprint density at radius 2 is 2.43 bits per heavy atom. The standard InChI is InChI=1S/C11H17NO2/c1-4-7-10(3)12-9-6-8-11(13)14-5-2/h1,6,8,10,12H,5,7,9H2,2-3H3/b8-6+. The topological polar surface area (TPSA) is 38.3 Å². The Morgan fingerprint density at radius 3 is 3.00 bits per heavy atom. The number of ether oxygens (including phenoxy) is 1. The first kappa shape index (κ1) is 12.7. The van der Waals surface area contributed by atoms with Crippen molar-refractivity contribution < 1.29 is 9.53 Å². The van der Waals surface area contributed by atoms with Gasteiger partial charge >= 0.3 is 5.97 Å². The summed E-state index contributed by atoms with van der Waals surface area (Å²) in [6.45, 7) is 4.81. The zero-order chi connectivity index (χ0) is 10.8. The second-order valence-electron chi connectivity index (χ2n) is 2.87. The lowest BCUT2D eigenvalue weighted by Crippen LogP contribution is -2.25. The second-order valence-corrected chi connectivity index (χ2v) is 2.87. The highest BCUT2D eigenvalue weighted by atomic mass is 16.5. The van der Waals surface area contributed by atoms with Crippen LogP contribution in [-0.2, 0) is 9.53 Å². The lowest BCUT2D eigenvalue weighted by atomic mass is 10.2. The minimum absolute atomic E-state index is 0.270. The summed E-state index contributed by atoms with van der Waals surface area (Å²) in [6, 6.07) is 0.270. The van der Waals surface area contributed by atoms with Gasteiger partial charge in [0.2, 0.25) is 0 Å². The molecule has 1 unspecified atom stereocenters. The monoisotopic (exact) mass is 195 g/mol. The molecule has 1 N–H and O–H groups in total. The fraction of sp³-hybridized carbons (Fsp3) is 0.545. The first-order valence-electron chi connectivity index (χ1n) is 4.70. The van der Waals surface area contributed by atoms with Crippen molar-refractivity contribution in [3.8, 4) is 12.3 Å². The summed E-state index contributed by atoms with van der Waals surface area (Å²) in [4.78, 5) is 10.8. The minimum atomic E-state index is -0.307. The van der Waals surface area contributed by atoms with E-state index in [1.54, 1.807) is 13.0 Å². The van der Waals surface area contributed by atoms with E-state index in [1.807, 2.05) is 6.92 Å². The van der Waals surface area contributed by atoms with Gasteiger partial charge in [-0.25, -0.2) is 4.79 Å². The highest BCUT2D eigenvalue weighted by Crippen LogP contribution is 1.87. The molecule has 0 aromatic carbocycles. The first-order valence-corrected chi connectivity index (χ1v) is 4.70. The van der Waals surface area contributed by atoms with E-state index in [2.05, 4.69) is 11.2 Å². The third-order valence-electron chi connectivity index (χ3n) is 1.55. The summed E-state index contributed by atoms with van der Waals surface area (Å²) in [6.07, 6.45) is 8.97. The predicted octanol–water partition coefficient (Wildman–Crippen LogP) is 1.11. The molecule has 3 heteroatoms. The van der Waals surface area contributed by atoms with Gasteiger partial charge in [0.15, 0.2) is 0 Å².